The van der Waals surface area contributed by atoms with Gasteiger partial charge < -0.3 is 10.4 Å². The molecular formula is C13H8Br2ClNO2. The van der Waals surface area contributed by atoms with Crippen LogP contribution in [0.3, 0.4) is 0 Å². The molecule has 0 saturated carbocycles. The molecule has 2 aromatic carbocycles. The number of aromatic hydroxyl groups is 1. The average molecular weight is 405 g/mol. The summed E-state index contributed by atoms with van der Waals surface area (Å²) >= 11 is 12.5. The third-order valence-corrected chi connectivity index (χ3v) is 3.68. The molecule has 1 amide bonds. The number of benzene rings is 2. The Balaban J connectivity index is 2.25. The zero-order chi connectivity index (χ0) is 14.0. The van der Waals surface area contributed by atoms with Gasteiger partial charge in [0.15, 0.2) is 0 Å². The van der Waals surface area contributed by atoms with Gasteiger partial charge in [0, 0.05) is 8.95 Å². The lowest BCUT2D eigenvalue weighted by atomic mass is 10.2. The number of halogens is 3. The molecule has 0 aliphatic heterocycles. The first-order valence-electron chi connectivity index (χ1n) is 5.22. The molecule has 2 rings (SSSR count). The van der Waals surface area contributed by atoms with E-state index in [4.69, 9.17) is 11.6 Å². The minimum absolute atomic E-state index is 0.0971. The van der Waals surface area contributed by atoms with Crippen LogP contribution in [-0.2, 0) is 0 Å². The fourth-order valence-electron chi connectivity index (χ4n) is 1.48. The third-order valence-electron chi connectivity index (χ3n) is 2.38. The predicted octanol–water partition coefficient (Wildman–Crippen LogP) is 4.82. The van der Waals surface area contributed by atoms with E-state index >= 15 is 0 Å². The van der Waals surface area contributed by atoms with Crippen molar-refractivity contribution < 1.29 is 9.90 Å². The number of rotatable bonds is 2. The number of carbonyl (C=O) groups excluding carboxylic acids is 1. The van der Waals surface area contributed by atoms with E-state index in [9.17, 15) is 9.90 Å². The van der Waals surface area contributed by atoms with Crippen molar-refractivity contribution in [2.75, 3.05) is 5.32 Å². The van der Waals surface area contributed by atoms with E-state index < -0.39 is 5.91 Å². The lowest BCUT2D eigenvalue weighted by Crippen LogP contribution is -2.12. The Kier molecular flexibility index (Phi) is 4.50. The highest BCUT2D eigenvalue weighted by atomic mass is 79.9. The molecule has 0 bridgehead atoms. The number of nitrogens with one attached hydrogen (secondary N) is 1. The average Bonchev–Trinajstić information content (AvgIpc) is 2.32. The van der Waals surface area contributed by atoms with Crippen LogP contribution in [0.2, 0.25) is 5.02 Å². The molecule has 0 aliphatic carbocycles. The molecule has 0 aliphatic rings. The monoisotopic (exact) mass is 403 g/mol. The summed E-state index contributed by atoms with van der Waals surface area (Å²) in [7, 11) is 0. The SMILES string of the molecule is O=C(Nc1ccc(Br)cc1Cl)c1ccc(Br)cc1O. The van der Waals surface area contributed by atoms with Gasteiger partial charge in [-0.2, -0.15) is 0 Å². The zero-order valence-corrected chi connectivity index (χ0v) is 13.4. The summed E-state index contributed by atoms with van der Waals surface area (Å²) in [5.41, 5.74) is 0.666. The Bertz CT molecular complexity index is 647. The summed E-state index contributed by atoms with van der Waals surface area (Å²) in [5.74, 6) is -0.519. The summed E-state index contributed by atoms with van der Waals surface area (Å²) in [6.45, 7) is 0. The summed E-state index contributed by atoms with van der Waals surface area (Å²) in [4.78, 5) is 12.0. The first-order valence-corrected chi connectivity index (χ1v) is 7.18. The second-order valence-electron chi connectivity index (χ2n) is 3.74. The van der Waals surface area contributed by atoms with Crippen LogP contribution >= 0.6 is 43.5 Å². The van der Waals surface area contributed by atoms with Gasteiger partial charge in [0.25, 0.3) is 5.91 Å². The fourth-order valence-corrected chi connectivity index (χ4v) is 2.55. The van der Waals surface area contributed by atoms with Crippen molar-refractivity contribution in [3.63, 3.8) is 0 Å². The van der Waals surface area contributed by atoms with E-state index in [-0.39, 0.29) is 11.3 Å². The Hall–Kier alpha value is -1.04. The molecule has 0 heterocycles. The second-order valence-corrected chi connectivity index (χ2v) is 5.98. The number of phenolic OH excluding ortho intramolecular Hbond substituents is 1. The van der Waals surface area contributed by atoms with Gasteiger partial charge in [0.2, 0.25) is 0 Å². The third kappa shape index (κ3) is 3.49. The molecule has 3 nitrogen and oxygen atoms in total. The maximum Gasteiger partial charge on any atom is 0.259 e. The number of hydrogen-bond acceptors (Lipinski definition) is 2. The molecule has 98 valence electrons. The maximum atomic E-state index is 12.0. The largest absolute Gasteiger partial charge is 0.507 e. The van der Waals surface area contributed by atoms with Crippen LogP contribution in [0.15, 0.2) is 45.3 Å². The first-order chi connectivity index (χ1) is 8.97. The van der Waals surface area contributed by atoms with Crippen molar-refractivity contribution >= 4 is 55.1 Å². The molecule has 0 aromatic heterocycles. The number of carbonyl (C=O) groups is 1. The van der Waals surface area contributed by atoms with Crippen molar-refractivity contribution in [2.24, 2.45) is 0 Å². The lowest BCUT2D eigenvalue weighted by molar-refractivity contribution is 0.102. The molecule has 2 aromatic rings. The zero-order valence-electron chi connectivity index (χ0n) is 9.45. The van der Waals surface area contributed by atoms with Gasteiger partial charge in [0.05, 0.1) is 16.3 Å². The standard InChI is InChI=1S/C13H8Br2ClNO2/c14-7-2-4-11(10(16)5-7)17-13(19)9-3-1-8(15)6-12(9)18/h1-6,18H,(H,17,19). The molecular weight excluding hydrogens is 397 g/mol. The molecule has 0 radical (unpaired) electrons. The summed E-state index contributed by atoms with van der Waals surface area (Å²) < 4.78 is 1.52. The van der Waals surface area contributed by atoms with Crippen LogP contribution in [0.4, 0.5) is 5.69 Å². The van der Waals surface area contributed by atoms with Gasteiger partial charge in [-0.3, -0.25) is 4.79 Å². The molecule has 0 fully saturated rings. The minimum atomic E-state index is -0.422. The van der Waals surface area contributed by atoms with Gasteiger partial charge in [-0.15, -0.1) is 0 Å². The van der Waals surface area contributed by atoms with Crippen LogP contribution in [0.5, 0.6) is 5.75 Å². The summed E-state index contributed by atoms with van der Waals surface area (Å²) in [5, 5.41) is 12.8. The Morgan fingerprint density at radius 2 is 1.74 bits per heavy atom. The summed E-state index contributed by atoms with van der Waals surface area (Å²) in [6.07, 6.45) is 0. The van der Waals surface area contributed by atoms with Crippen molar-refractivity contribution in [3.8, 4) is 5.75 Å². The van der Waals surface area contributed by atoms with E-state index in [1.165, 1.54) is 12.1 Å². The molecule has 0 atom stereocenters. The van der Waals surface area contributed by atoms with Gasteiger partial charge in [-0.25, -0.2) is 0 Å². The van der Waals surface area contributed by atoms with Gasteiger partial charge >= 0.3 is 0 Å². The van der Waals surface area contributed by atoms with Crippen molar-refractivity contribution in [1.29, 1.82) is 0 Å². The topological polar surface area (TPSA) is 49.3 Å². The normalized spacial score (nSPS) is 10.3. The second kappa shape index (κ2) is 5.94. The molecule has 0 spiro atoms. The van der Waals surface area contributed by atoms with E-state index in [1.807, 2.05) is 0 Å². The Labute approximate surface area is 131 Å². The molecule has 0 saturated heterocycles. The lowest BCUT2D eigenvalue weighted by Gasteiger charge is -2.09. The van der Waals surface area contributed by atoms with Gasteiger partial charge in [-0.1, -0.05) is 43.5 Å². The van der Waals surface area contributed by atoms with Crippen LogP contribution in [0.1, 0.15) is 10.4 Å². The van der Waals surface area contributed by atoms with E-state index in [0.29, 0.717) is 15.2 Å². The molecule has 6 heteroatoms. The summed E-state index contributed by atoms with van der Waals surface area (Å²) in [6, 6.07) is 9.79. The van der Waals surface area contributed by atoms with Crippen LogP contribution in [-0.4, -0.2) is 11.0 Å². The highest BCUT2D eigenvalue weighted by Crippen LogP contribution is 2.28. The Morgan fingerprint density at radius 1 is 1.11 bits per heavy atom. The van der Waals surface area contributed by atoms with E-state index in [2.05, 4.69) is 37.2 Å². The molecule has 0 unspecified atom stereocenters. The van der Waals surface area contributed by atoms with Gasteiger partial charge in [0.1, 0.15) is 5.75 Å². The quantitative estimate of drug-likeness (QED) is 0.752. The number of amides is 1. The van der Waals surface area contributed by atoms with Crippen molar-refractivity contribution in [1.82, 2.24) is 0 Å². The van der Waals surface area contributed by atoms with Gasteiger partial charge in [-0.05, 0) is 36.4 Å². The highest BCUT2D eigenvalue weighted by molar-refractivity contribution is 9.10. The number of anilines is 1. The molecule has 2 N–H and O–H groups in total. The molecule has 19 heavy (non-hydrogen) atoms. The predicted molar refractivity (Wildman–Crippen MR) is 82.9 cm³/mol. The maximum absolute atomic E-state index is 12.0. The van der Waals surface area contributed by atoms with E-state index in [1.54, 1.807) is 24.3 Å². The smallest absolute Gasteiger partial charge is 0.259 e. The van der Waals surface area contributed by atoms with Crippen molar-refractivity contribution in [3.05, 3.63) is 55.9 Å². The van der Waals surface area contributed by atoms with Crippen LogP contribution in [0.25, 0.3) is 0 Å². The van der Waals surface area contributed by atoms with E-state index in [0.717, 1.165) is 4.47 Å². The highest BCUT2D eigenvalue weighted by Gasteiger charge is 2.13. The number of hydrogen-bond donors (Lipinski definition) is 2. The first kappa shape index (κ1) is 14.4. The van der Waals surface area contributed by atoms with Crippen LogP contribution < -0.4 is 5.32 Å². The van der Waals surface area contributed by atoms with Crippen molar-refractivity contribution in [2.45, 2.75) is 0 Å². The number of phenols is 1. The minimum Gasteiger partial charge on any atom is -0.507 e. The fraction of sp³-hybridized carbons (Fsp3) is 0. The Morgan fingerprint density at radius 3 is 2.37 bits per heavy atom. The van der Waals surface area contributed by atoms with Crippen LogP contribution in [0, 0.1) is 0 Å².